The van der Waals surface area contributed by atoms with Crippen molar-refractivity contribution in [3.05, 3.63) is 35.9 Å². The summed E-state index contributed by atoms with van der Waals surface area (Å²) in [5.41, 5.74) is 1.51. The maximum Gasteiger partial charge on any atom is 0.121 e. The fourth-order valence-corrected chi connectivity index (χ4v) is 1.15. The molecule has 0 spiro atoms. The van der Waals surface area contributed by atoms with Crippen molar-refractivity contribution in [2.24, 2.45) is 5.92 Å². The van der Waals surface area contributed by atoms with Gasteiger partial charge < -0.3 is 4.74 Å². The van der Waals surface area contributed by atoms with Crippen LogP contribution in [0.2, 0.25) is 0 Å². The van der Waals surface area contributed by atoms with Gasteiger partial charge in [0.1, 0.15) is 5.75 Å². The summed E-state index contributed by atoms with van der Waals surface area (Å²) in [6, 6.07) is 7.52. The van der Waals surface area contributed by atoms with Crippen molar-refractivity contribution in [2.45, 2.75) is 13.8 Å². The van der Waals surface area contributed by atoms with Crippen molar-refractivity contribution >= 4 is 6.08 Å². The SMILES string of the molecule is C=Cc1cc(C#N)cc(OCC(C)C)c1. The van der Waals surface area contributed by atoms with Gasteiger partial charge in [-0.3, -0.25) is 0 Å². The van der Waals surface area contributed by atoms with Gasteiger partial charge >= 0.3 is 0 Å². The zero-order valence-corrected chi connectivity index (χ0v) is 9.16. The minimum atomic E-state index is 0.475. The molecular weight excluding hydrogens is 186 g/mol. The maximum absolute atomic E-state index is 8.82. The van der Waals surface area contributed by atoms with E-state index in [1.54, 1.807) is 18.2 Å². The molecule has 0 aliphatic carbocycles. The number of nitriles is 1. The molecule has 0 saturated carbocycles. The minimum Gasteiger partial charge on any atom is -0.493 e. The van der Waals surface area contributed by atoms with Gasteiger partial charge in [-0.1, -0.05) is 26.5 Å². The summed E-state index contributed by atoms with van der Waals surface area (Å²) in [7, 11) is 0. The van der Waals surface area contributed by atoms with Crippen molar-refractivity contribution in [1.29, 1.82) is 5.26 Å². The molecule has 0 unspecified atom stereocenters. The van der Waals surface area contributed by atoms with Gasteiger partial charge in [-0.05, 0) is 29.7 Å². The molecule has 1 aromatic carbocycles. The number of hydrogen-bond acceptors (Lipinski definition) is 2. The second-order valence-corrected chi connectivity index (χ2v) is 3.81. The lowest BCUT2D eigenvalue weighted by atomic mass is 10.1. The standard InChI is InChI=1S/C13H15NO/c1-4-11-5-12(8-14)7-13(6-11)15-9-10(2)3/h4-7,10H,1,9H2,2-3H3. The van der Waals surface area contributed by atoms with E-state index in [2.05, 4.69) is 26.5 Å². The first-order valence-corrected chi connectivity index (χ1v) is 4.96. The average Bonchev–Trinajstić information content (AvgIpc) is 2.25. The van der Waals surface area contributed by atoms with Gasteiger partial charge in [0.2, 0.25) is 0 Å². The normalized spacial score (nSPS) is 9.73. The highest BCUT2D eigenvalue weighted by Gasteiger charge is 2.01. The zero-order valence-electron chi connectivity index (χ0n) is 9.16. The van der Waals surface area contributed by atoms with Crippen LogP contribution in [0.15, 0.2) is 24.8 Å². The Bertz CT molecular complexity index is 388. The first-order valence-electron chi connectivity index (χ1n) is 4.96. The van der Waals surface area contributed by atoms with Crippen LogP contribution in [-0.2, 0) is 0 Å². The van der Waals surface area contributed by atoms with Gasteiger partial charge in [0, 0.05) is 0 Å². The second-order valence-electron chi connectivity index (χ2n) is 3.81. The molecule has 0 fully saturated rings. The molecular formula is C13H15NO. The molecule has 1 rings (SSSR count). The molecule has 0 heterocycles. The Morgan fingerprint density at radius 3 is 2.73 bits per heavy atom. The molecule has 0 atom stereocenters. The lowest BCUT2D eigenvalue weighted by molar-refractivity contribution is 0.271. The molecule has 0 bridgehead atoms. The van der Waals surface area contributed by atoms with Crippen LogP contribution in [0, 0.1) is 17.2 Å². The molecule has 0 aromatic heterocycles. The van der Waals surface area contributed by atoms with Gasteiger partial charge in [-0.25, -0.2) is 0 Å². The number of nitrogens with zero attached hydrogens (tertiary/aromatic N) is 1. The minimum absolute atomic E-state index is 0.475. The summed E-state index contributed by atoms with van der Waals surface area (Å²) < 4.78 is 5.55. The van der Waals surface area contributed by atoms with Crippen molar-refractivity contribution in [2.75, 3.05) is 6.61 Å². The third kappa shape index (κ3) is 3.47. The summed E-state index contributed by atoms with van der Waals surface area (Å²) in [5, 5.41) is 8.82. The number of benzene rings is 1. The van der Waals surface area contributed by atoms with E-state index in [1.807, 2.05) is 6.07 Å². The van der Waals surface area contributed by atoms with Crippen LogP contribution in [0.4, 0.5) is 0 Å². The monoisotopic (exact) mass is 201 g/mol. The third-order valence-electron chi connectivity index (χ3n) is 1.88. The summed E-state index contributed by atoms with van der Waals surface area (Å²) in [5.74, 6) is 1.21. The lowest BCUT2D eigenvalue weighted by Gasteiger charge is -2.09. The number of hydrogen-bond donors (Lipinski definition) is 0. The highest BCUT2D eigenvalue weighted by Crippen LogP contribution is 2.18. The van der Waals surface area contributed by atoms with E-state index in [-0.39, 0.29) is 0 Å². The molecule has 2 nitrogen and oxygen atoms in total. The quantitative estimate of drug-likeness (QED) is 0.749. The van der Waals surface area contributed by atoms with Gasteiger partial charge in [-0.15, -0.1) is 0 Å². The zero-order chi connectivity index (χ0) is 11.3. The van der Waals surface area contributed by atoms with Crippen LogP contribution in [0.3, 0.4) is 0 Å². The smallest absolute Gasteiger partial charge is 0.121 e. The summed E-state index contributed by atoms with van der Waals surface area (Å²) in [6.07, 6.45) is 1.71. The van der Waals surface area contributed by atoms with Crippen molar-refractivity contribution < 1.29 is 4.74 Å². The highest BCUT2D eigenvalue weighted by molar-refractivity contribution is 5.54. The van der Waals surface area contributed by atoms with Gasteiger partial charge in [0.25, 0.3) is 0 Å². The fraction of sp³-hybridized carbons (Fsp3) is 0.308. The topological polar surface area (TPSA) is 33.0 Å². The van der Waals surface area contributed by atoms with E-state index in [1.165, 1.54) is 0 Å². The van der Waals surface area contributed by atoms with Gasteiger partial charge in [-0.2, -0.15) is 5.26 Å². The Morgan fingerprint density at radius 1 is 1.47 bits per heavy atom. The molecule has 0 saturated heterocycles. The van der Waals surface area contributed by atoms with Crippen LogP contribution >= 0.6 is 0 Å². The highest BCUT2D eigenvalue weighted by atomic mass is 16.5. The summed E-state index contributed by atoms with van der Waals surface area (Å²) in [6.45, 7) is 8.51. The molecule has 0 aliphatic rings. The average molecular weight is 201 g/mol. The molecule has 0 radical (unpaired) electrons. The van der Waals surface area contributed by atoms with E-state index in [0.717, 1.165) is 11.3 Å². The predicted octanol–water partition coefficient (Wildman–Crippen LogP) is 3.24. The number of rotatable bonds is 4. The van der Waals surface area contributed by atoms with E-state index >= 15 is 0 Å². The van der Waals surface area contributed by atoms with Crippen LogP contribution < -0.4 is 4.74 Å². The first kappa shape index (κ1) is 11.3. The summed E-state index contributed by atoms with van der Waals surface area (Å²) in [4.78, 5) is 0. The van der Waals surface area contributed by atoms with E-state index in [9.17, 15) is 0 Å². The van der Waals surface area contributed by atoms with E-state index < -0.39 is 0 Å². The van der Waals surface area contributed by atoms with E-state index in [4.69, 9.17) is 10.00 Å². The lowest BCUT2D eigenvalue weighted by Crippen LogP contribution is -2.04. The number of ether oxygens (including phenoxy) is 1. The largest absolute Gasteiger partial charge is 0.493 e. The summed E-state index contributed by atoms with van der Waals surface area (Å²) >= 11 is 0. The van der Waals surface area contributed by atoms with Gasteiger partial charge in [0.15, 0.2) is 0 Å². The molecule has 0 aliphatic heterocycles. The van der Waals surface area contributed by atoms with Gasteiger partial charge in [0.05, 0.1) is 18.2 Å². The molecule has 15 heavy (non-hydrogen) atoms. The van der Waals surface area contributed by atoms with Crippen LogP contribution in [-0.4, -0.2) is 6.61 Å². The van der Waals surface area contributed by atoms with Crippen molar-refractivity contribution in [3.8, 4) is 11.8 Å². The Hall–Kier alpha value is -1.75. The third-order valence-corrected chi connectivity index (χ3v) is 1.88. The van der Waals surface area contributed by atoms with Crippen LogP contribution in [0.5, 0.6) is 5.75 Å². The second kappa shape index (κ2) is 5.21. The Balaban J connectivity index is 2.88. The molecule has 1 aromatic rings. The van der Waals surface area contributed by atoms with Crippen LogP contribution in [0.1, 0.15) is 25.0 Å². The molecule has 78 valence electrons. The molecule has 2 heteroatoms. The van der Waals surface area contributed by atoms with Crippen LogP contribution in [0.25, 0.3) is 6.08 Å². The fourth-order valence-electron chi connectivity index (χ4n) is 1.15. The molecule has 0 amide bonds. The maximum atomic E-state index is 8.82. The van der Waals surface area contributed by atoms with Crippen molar-refractivity contribution in [1.82, 2.24) is 0 Å². The Morgan fingerprint density at radius 2 is 2.20 bits per heavy atom. The predicted molar refractivity (Wildman–Crippen MR) is 61.6 cm³/mol. The first-order chi connectivity index (χ1) is 7.15. The Kier molecular flexibility index (Phi) is 3.93. The van der Waals surface area contributed by atoms with E-state index in [0.29, 0.717) is 18.1 Å². The Labute approximate surface area is 90.8 Å². The van der Waals surface area contributed by atoms with Crippen molar-refractivity contribution in [3.63, 3.8) is 0 Å². The molecule has 0 N–H and O–H groups in total.